The summed E-state index contributed by atoms with van der Waals surface area (Å²) >= 11 is 12.1. The third-order valence-corrected chi connectivity index (χ3v) is 4.31. The maximum absolute atomic E-state index is 12.2. The van der Waals surface area contributed by atoms with E-state index in [0.717, 1.165) is 19.6 Å². The van der Waals surface area contributed by atoms with E-state index in [4.69, 9.17) is 23.2 Å². The van der Waals surface area contributed by atoms with Crippen molar-refractivity contribution in [2.45, 2.75) is 25.8 Å². The molecule has 0 aromatic heterocycles. The van der Waals surface area contributed by atoms with E-state index >= 15 is 0 Å². The van der Waals surface area contributed by atoms with Gasteiger partial charge in [0.15, 0.2) is 0 Å². The van der Waals surface area contributed by atoms with Crippen LogP contribution in [-0.2, 0) is 4.79 Å². The van der Waals surface area contributed by atoms with E-state index in [1.165, 1.54) is 12.8 Å². The molecule has 2 rings (SSSR count). The smallest absolute Gasteiger partial charge is 0.238 e. The van der Waals surface area contributed by atoms with Crippen LogP contribution < -0.4 is 10.6 Å². The van der Waals surface area contributed by atoms with Gasteiger partial charge < -0.3 is 10.6 Å². The van der Waals surface area contributed by atoms with Crippen molar-refractivity contribution in [1.29, 1.82) is 0 Å². The lowest BCUT2D eigenvalue weighted by molar-refractivity contribution is -0.117. The molecule has 1 aromatic rings. The van der Waals surface area contributed by atoms with Gasteiger partial charge in [0.25, 0.3) is 0 Å². The van der Waals surface area contributed by atoms with E-state index in [2.05, 4.69) is 22.5 Å². The summed E-state index contributed by atoms with van der Waals surface area (Å²) in [4.78, 5) is 14.3. The maximum atomic E-state index is 12.2. The molecule has 2 N–H and O–H groups in total. The van der Waals surface area contributed by atoms with Gasteiger partial charge in [-0.3, -0.25) is 9.69 Å². The molecule has 1 atom stereocenters. The van der Waals surface area contributed by atoms with Crippen LogP contribution in [0.15, 0.2) is 18.2 Å². The van der Waals surface area contributed by atoms with Crippen LogP contribution in [-0.4, -0.2) is 43.0 Å². The van der Waals surface area contributed by atoms with Crippen molar-refractivity contribution in [3.8, 4) is 0 Å². The first-order valence-corrected chi connectivity index (χ1v) is 8.05. The van der Waals surface area contributed by atoms with Crippen molar-refractivity contribution in [3.05, 3.63) is 28.2 Å². The third kappa shape index (κ3) is 4.85. The van der Waals surface area contributed by atoms with Crippen molar-refractivity contribution in [1.82, 2.24) is 10.2 Å². The summed E-state index contributed by atoms with van der Waals surface area (Å²) in [5.41, 5.74) is 0.487. The average Bonchev–Trinajstić information content (AvgIpc) is 2.95. The van der Waals surface area contributed by atoms with E-state index in [-0.39, 0.29) is 5.91 Å². The number of hydrogen-bond donors (Lipinski definition) is 2. The zero-order valence-electron chi connectivity index (χ0n) is 12.2. The highest BCUT2D eigenvalue weighted by atomic mass is 35.5. The molecule has 1 aromatic carbocycles. The Morgan fingerprint density at radius 2 is 2.14 bits per heavy atom. The predicted molar refractivity (Wildman–Crippen MR) is 88.2 cm³/mol. The Morgan fingerprint density at radius 1 is 1.43 bits per heavy atom. The number of anilines is 1. The second-order valence-electron chi connectivity index (χ2n) is 5.27. The summed E-state index contributed by atoms with van der Waals surface area (Å²) in [5, 5.41) is 7.16. The number of halogens is 2. The summed E-state index contributed by atoms with van der Waals surface area (Å²) in [6.45, 7) is 5.20. The number of hydrogen-bond acceptors (Lipinski definition) is 3. The van der Waals surface area contributed by atoms with Crippen LogP contribution in [0.4, 0.5) is 5.69 Å². The zero-order valence-corrected chi connectivity index (χ0v) is 13.7. The molecule has 4 nitrogen and oxygen atoms in total. The number of nitrogens with zero attached hydrogens (tertiary/aromatic N) is 1. The lowest BCUT2D eigenvalue weighted by Crippen LogP contribution is -2.41. The van der Waals surface area contributed by atoms with E-state index in [0.29, 0.717) is 28.3 Å². The molecule has 1 aliphatic heterocycles. The highest BCUT2D eigenvalue weighted by Gasteiger charge is 2.19. The highest BCUT2D eigenvalue weighted by molar-refractivity contribution is 6.39. The van der Waals surface area contributed by atoms with Crippen LogP contribution in [0.1, 0.15) is 19.8 Å². The van der Waals surface area contributed by atoms with Crippen molar-refractivity contribution in [2.75, 3.05) is 31.5 Å². The molecule has 0 spiro atoms. The van der Waals surface area contributed by atoms with Gasteiger partial charge in [0.05, 0.1) is 22.3 Å². The van der Waals surface area contributed by atoms with Gasteiger partial charge in [0.2, 0.25) is 5.91 Å². The van der Waals surface area contributed by atoms with Crippen LogP contribution in [0, 0.1) is 0 Å². The SMILES string of the molecule is CCN(CC(=O)Nc1c(Cl)cccc1Cl)CC1CCCN1. The fourth-order valence-electron chi connectivity index (χ4n) is 2.53. The Morgan fingerprint density at radius 3 is 2.71 bits per heavy atom. The van der Waals surface area contributed by atoms with Crippen LogP contribution in [0.3, 0.4) is 0 Å². The normalized spacial score (nSPS) is 18.2. The number of carbonyl (C=O) groups excluding carboxylic acids is 1. The van der Waals surface area contributed by atoms with Gasteiger partial charge in [-0.15, -0.1) is 0 Å². The fourth-order valence-corrected chi connectivity index (χ4v) is 3.02. The fraction of sp³-hybridized carbons (Fsp3) is 0.533. The van der Waals surface area contributed by atoms with Crippen molar-refractivity contribution < 1.29 is 4.79 Å². The summed E-state index contributed by atoms with van der Waals surface area (Å²) in [7, 11) is 0. The lowest BCUT2D eigenvalue weighted by atomic mass is 10.2. The van der Waals surface area contributed by atoms with Crippen LogP contribution in [0.5, 0.6) is 0 Å². The molecule has 0 saturated carbocycles. The molecular formula is C15H21Cl2N3O. The van der Waals surface area contributed by atoms with Gasteiger partial charge in [-0.25, -0.2) is 0 Å². The van der Waals surface area contributed by atoms with Crippen molar-refractivity contribution >= 4 is 34.8 Å². The summed E-state index contributed by atoms with van der Waals surface area (Å²) in [5.74, 6) is -0.0927. The van der Waals surface area contributed by atoms with Gasteiger partial charge in [0, 0.05) is 12.6 Å². The van der Waals surface area contributed by atoms with Crippen LogP contribution >= 0.6 is 23.2 Å². The minimum Gasteiger partial charge on any atom is -0.322 e. The number of para-hydroxylation sites is 1. The van der Waals surface area contributed by atoms with Gasteiger partial charge >= 0.3 is 0 Å². The molecule has 1 heterocycles. The molecule has 0 radical (unpaired) electrons. The Labute approximate surface area is 135 Å². The number of benzene rings is 1. The van der Waals surface area contributed by atoms with E-state index in [9.17, 15) is 4.79 Å². The number of rotatable bonds is 6. The standard InChI is InChI=1S/C15H21Cl2N3O/c1-2-20(9-11-5-4-8-18-11)10-14(21)19-15-12(16)6-3-7-13(15)17/h3,6-7,11,18H,2,4-5,8-10H2,1H3,(H,19,21). The highest BCUT2D eigenvalue weighted by Crippen LogP contribution is 2.29. The number of carbonyl (C=O) groups is 1. The van der Waals surface area contributed by atoms with E-state index in [1.807, 2.05) is 0 Å². The van der Waals surface area contributed by atoms with E-state index in [1.54, 1.807) is 18.2 Å². The molecule has 116 valence electrons. The van der Waals surface area contributed by atoms with Crippen molar-refractivity contribution in [2.24, 2.45) is 0 Å². The minimum atomic E-state index is -0.0927. The van der Waals surface area contributed by atoms with Crippen LogP contribution in [0.2, 0.25) is 10.0 Å². The Bertz CT molecular complexity index is 470. The molecule has 21 heavy (non-hydrogen) atoms. The summed E-state index contributed by atoms with van der Waals surface area (Å²) in [6, 6.07) is 5.66. The summed E-state index contributed by atoms with van der Waals surface area (Å²) < 4.78 is 0. The second-order valence-corrected chi connectivity index (χ2v) is 6.08. The first-order chi connectivity index (χ1) is 10.1. The first kappa shape index (κ1) is 16.6. The second kappa shape index (κ2) is 7.99. The molecule has 1 saturated heterocycles. The average molecular weight is 330 g/mol. The third-order valence-electron chi connectivity index (χ3n) is 3.68. The molecule has 1 aliphatic rings. The first-order valence-electron chi connectivity index (χ1n) is 7.29. The molecule has 6 heteroatoms. The maximum Gasteiger partial charge on any atom is 0.238 e. The molecular weight excluding hydrogens is 309 g/mol. The van der Waals surface area contributed by atoms with Gasteiger partial charge in [-0.05, 0) is 38.1 Å². The topological polar surface area (TPSA) is 44.4 Å². The molecule has 0 aliphatic carbocycles. The number of likely N-dealkylation sites (N-methyl/N-ethyl adjacent to an activating group) is 1. The van der Waals surface area contributed by atoms with Gasteiger partial charge in [-0.1, -0.05) is 36.2 Å². The Balaban J connectivity index is 1.90. The molecule has 0 bridgehead atoms. The Hall–Kier alpha value is -0.810. The molecule has 1 unspecified atom stereocenters. The number of nitrogens with one attached hydrogen (secondary N) is 2. The quantitative estimate of drug-likeness (QED) is 0.843. The minimum absolute atomic E-state index is 0.0927. The predicted octanol–water partition coefficient (Wildman–Crippen LogP) is 3.01. The Kier molecular flexibility index (Phi) is 6.30. The van der Waals surface area contributed by atoms with E-state index < -0.39 is 0 Å². The van der Waals surface area contributed by atoms with Gasteiger partial charge in [0.1, 0.15) is 0 Å². The number of amides is 1. The summed E-state index contributed by atoms with van der Waals surface area (Å²) in [6.07, 6.45) is 2.39. The monoisotopic (exact) mass is 329 g/mol. The van der Waals surface area contributed by atoms with Gasteiger partial charge in [-0.2, -0.15) is 0 Å². The molecule has 1 fully saturated rings. The van der Waals surface area contributed by atoms with Crippen LogP contribution in [0.25, 0.3) is 0 Å². The van der Waals surface area contributed by atoms with Crippen molar-refractivity contribution in [3.63, 3.8) is 0 Å². The lowest BCUT2D eigenvalue weighted by Gasteiger charge is -2.23. The largest absolute Gasteiger partial charge is 0.322 e. The zero-order chi connectivity index (χ0) is 15.2. The molecule has 1 amide bonds.